The van der Waals surface area contributed by atoms with Gasteiger partial charge in [0.25, 0.3) is 0 Å². The number of thiophene rings is 1. The third kappa shape index (κ3) is 8.47. The second-order valence-electron chi connectivity index (χ2n) is 13.7. The molecule has 3 heterocycles. The summed E-state index contributed by atoms with van der Waals surface area (Å²) in [4.78, 5) is 9.10. The van der Waals surface area contributed by atoms with Gasteiger partial charge in [0.05, 0.1) is 8.07 Å². The Labute approximate surface area is 308 Å². The molecule has 0 atom stereocenters. The molecule has 0 N–H and O–H groups in total. The summed E-state index contributed by atoms with van der Waals surface area (Å²) in [6, 6.07) is 39.3. The van der Waals surface area contributed by atoms with Gasteiger partial charge in [-0.15, -0.1) is 35.9 Å². The van der Waals surface area contributed by atoms with E-state index in [0.717, 1.165) is 48.3 Å². The molecule has 0 bridgehead atoms. The molecule has 7 rings (SSSR count). The van der Waals surface area contributed by atoms with Crippen molar-refractivity contribution in [1.82, 2.24) is 9.97 Å². The van der Waals surface area contributed by atoms with Crippen molar-refractivity contribution in [3.63, 3.8) is 0 Å². The molecule has 7 heteroatoms. The van der Waals surface area contributed by atoms with E-state index < -0.39 is 26.5 Å². The smallest absolute Gasteiger partial charge is 0 e. The molecule has 3 aromatic heterocycles. The van der Waals surface area contributed by atoms with Gasteiger partial charge in [-0.2, -0.15) is 0 Å². The fourth-order valence-corrected chi connectivity index (χ4v) is 9.85. The van der Waals surface area contributed by atoms with E-state index in [1.807, 2.05) is 66.9 Å². The van der Waals surface area contributed by atoms with Crippen LogP contribution in [0.2, 0.25) is 36.9 Å². The Morgan fingerprint density at radius 2 is 1.60 bits per heavy atom. The zero-order valence-corrected chi connectivity index (χ0v) is 34.3. The van der Waals surface area contributed by atoms with Gasteiger partial charge in [0.2, 0.25) is 0 Å². The average Bonchev–Trinajstić information content (AvgIpc) is 3.46. The van der Waals surface area contributed by atoms with E-state index in [2.05, 4.69) is 77.2 Å². The van der Waals surface area contributed by atoms with Gasteiger partial charge < -0.3 is 4.98 Å². The molecule has 0 aliphatic rings. The van der Waals surface area contributed by atoms with Crippen LogP contribution in [-0.4, -0.2) is 31.3 Å². The molecule has 0 amide bonds. The fourth-order valence-electron chi connectivity index (χ4n) is 5.42. The average molecular weight is 906 g/mol. The number of pyridine rings is 2. The summed E-state index contributed by atoms with van der Waals surface area (Å²) in [5.74, 6) is 6.04. The van der Waals surface area contributed by atoms with Crippen LogP contribution < -0.4 is 5.19 Å². The monoisotopic (exact) mass is 907 g/mol. The first-order valence-corrected chi connectivity index (χ1v) is 27.4. The first-order chi connectivity index (χ1) is 23.2. The Hall–Kier alpha value is -3.26. The van der Waals surface area contributed by atoms with Gasteiger partial charge in [-0.05, 0) is 16.9 Å². The molecule has 2 nitrogen and oxygen atoms in total. The molecule has 0 aliphatic heterocycles. The van der Waals surface area contributed by atoms with Crippen LogP contribution in [0.15, 0.2) is 116 Å². The molecule has 0 spiro atoms. The Bertz CT molecular complexity index is 2250. The van der Waals surface area contributed by atoms with Crippen molar-refractivity contribution in [2.75, 3.05) is 0 Å². The maximum atomic E-state index is 14.3. The maximum Gasteiger partial charge on any atom is 0 e. The molecular weight excluding hydrogens is 864 g/mol. The van der Waals surface area contributed by atoms with E-state index in [1.54, 1.807) is 35.7 Å². The van der Waals surface area contributed by atoms with E-state index in [1.165, 1.54) is 11.3 Å². The van der Waals surface area contributed by atoms with E-state index in [0.29, 0.717) is 11.1 Å². The molecule has 245 valence electrons. The van der Waals surface area contributed by atoms with E-state index >= 15 is 0 Å². The summed E-state index contributed by atoms with van der Waals surface area (Å²) in [5, 5.41) is 2.29. The van der Waals surface area contributed by atoms with Crippen molar-refractivity contribution >= 4 is 58.0 Å². The molecule has 1 radical (unpaired) electrons. The third-order valence-corrected chi connectivity index (χ3v) is 13.2. The van der Waals surface area contributed by atoms with Crippen molar-refractivity contribution in [3.05, 3.63) is 139 Å². The van der Waals surface area contributed by atoms with Crippen LogP contribution in [0.4, 0.5) is 4.39 Å². The van der Waals surface area contributed by atoms with Gasteiger partial charge in [0.15, 0.2) is 0 Å². The van der Waals surface area contributed by atoms with Crippen molar-refractivity contribution in [2.24, 2.45) is 0 Å². The summed E-state index contributed by atoms with van der Waals surface area (Å²) in [5.41, 5.74) is 5.80. The van der Waals surface area contributed by atoms with Crippen LogP contribution in [0.5, 0.6) is 0 Å². The quantitative estimate of drug-likeness (QED) is 0.123. The van der Waals surface area contributed by atoms with E-state index in [-0.39, 0.29) is 25.9 Å². The number of aromatic nitrogens is 2. The van der Waals surface area contributed by atoms with Gasteiger partial charge in [-0.25, -0.2) is 4.39 Å². The Morgan fingerprint density at radius 1 is 0.812 bits per heavy atom. The van der Waals surface area contributed by atoms with Gasteiger partial charge in [0.1, 0.15) is 0 Å². The number of rotatable bonds is 6. The van der Waals surface area contributed by atoms with Crippen LogP contribution in [0.25, 0.3) is 53.8 Å². The second kappa shape index (κ2) is 15.1. The normalized spacial score (nSPS) is 12.5. The number of hydrogen-bond acceptors (Lipinski definition) is 3. The molecule has 7 aromatic rings. The van der Waals surface area contributed by atoms with Crippen LogP contribution in [0.1, 0.15) is 8.30 Å². The van der Waals surface area contributed by atoms with Crippen LogP contribution in [-0.2, 0) is 25.3 Å². The number of halogens is 1. The summed E-state index contributed by atoms with van der Waals surface area (Å²) in [6.45, 7) is 7.00. The SMILES string of the molecule is C[Si](C)(C)c1ccc(-c2[c-]cccc2)nc1.[2H][C]([2H])(c1ccnc(-c2[c-]ccc3c2sc2cc(-c4ccccc4F)ccc23)c1)[Ge]([CH3])([CH3])[CH3].[Ir]. The topological polar surface area (TPSA) is 25.8 Å². The second-order valence-corrected chi connectivity index (χ2v) is 29.7. The Balaban J connectivity index is 0.000000241. The van der Waals surface area contributed by atoms with Crippen LogP contribution in [0, 0.1) is 17.9 Å². The molecule has 0 saturated heterocycles. The summed E-state index contributed by atoms with van der Waals surface area (Å²) in [6.07, 6.45) is 3.72. The first kappa shape index (κ1) is 33.2. The first-order valence-electron chi connectivity index (χ1n) is 16.8. The van der Waals surface area contributed by atoms with Crippen LogP contribution in [0.3, 0.4) is 0 Å². The Kier molecular flexibility index (Phi) is 10.5. The minimum atomic E-state index is -2.65. The largest absolute Gasteiger partial charge is 0 e. The molecule has 0 fully saturated rings. The van der Waals surface area contributed by atoms with Crippen molar-refractivity contribution in [3.8, 4) is 33.6 Å². The van der Waals surface area contributed by atoms with Crippen molar-refractivity contribution in [2.45, 2.75) is 42.1 Å². The molecule has 0 aliphatic carbocycles. The Morgan fingerprint density at radius 3 is 2.29 bits per heavy atom. The number of hydrogen-bond donors (Lipinski definition) is 0. The van der Waals surface area contributed by atoms with Crippen molar-refractivity contribution in [1.29, 1.82) is 0 Å². The number of fused-ring (bicyclic) bond motifs is 3. The molecular formula is C41H39FGeIrN2SSi-2. The molecule has 0 unspecified atom stereocenters. The minimum Gasteiger partial charge on any atom is 0 e. The van der Waals surface area contributed by atoms with E-state index in [9.17, 15) is 4.39 Å². The predicted octanol–water partition coefficient (Wildman–Crippen LogP) is 11.2. The summed E-state index contributed by atoms with van der Waals surface area (Å²) in [7, 11) is -1.23. The summed E-state index contributed by atoms with van der Waals surface area (Å²) >= 11 is -1.01. The van der Waals surface area contributed by atoms with Gasteiger partial charge in [0, 0.05) is 26.3 Å². The van der Waals surface area contributed by atoms with Gasteiger partial charge >= 0.3 is 170 Å². The number of benzene rings is 4. The minimum absolute atomic E-state index is 0. The molecule has 4 aromatic carbocycles. The zero-order chi connectivity index (χ0) is 35.0. The predicted molar refractivity (Wildman–Crippen MR) is 205 cm³/mol. The summed E-state index contributed by atoms with van der Waals surface area (Å²) < 4.78 is 33.9. The van der Waals surface area contributed by atoms with Gasteiger partial charge in [-0.1, -0.05) is 43.9 Å². The van der Waals surface area contributed by atoms with Crippen LogP contribution >= 0.6 is 11.3 Å². The van der Waals surface area contributed by atoms with Gasteiger partial charge in [-0.3, -0.25) is 0 Å². The van der Waals surface area contributed by atoms with E-state index in [4.69, 9.17) is 2.74 Å². The molecule has 48 heavy (non-hydrogen) atoms. The zero-order valence-electron chi connectivity index (χ0n) is 30.0. The molecule has 0 saturated carbocycles. The number of nitrogens with zero attached hydrogens (tertiary/aromatic N) is 2. The third-order valence-electron chi connectivity index (χ3n) is 7.77. The standard InChI is InChI=1S/C27H23FGeNS.C14H16NSi.Ir/c1-29(2,3)17-18-13-14-30-25(15-18)23-9-6-8-22-21-12-11-19(16-26(21)31-27(22)23)20-7-4-5-10-24(20)28;1-16(2,3)13-9-10-14(15-11-13)12-7-5-4-6-8-12;/h4-8,10-16H,17H2,1-3H3;4-7,9-11H,1-3H3;/q2*-1;/i17D2;;. The fraction of sp³-hybridized carbons (Fsp3) is 0.171. The maximum absolute atomic E-state index is 14.3. The van der Waals surface area contributed by atoms with Crippen molar-refractivity contribution < 1.29 is 27.2 Å².